The van der Waals surface area contributed by atoms with E-state index in [1.165, 1.54) is 4.57 Å². The number of hydrogen-bond acceptors (Lipinski definition) is 4. The Morgan fingerprint density at radius 1 is 1.21 bits per heavy atom. The van der Waals surface area contributed by atoms with Crippen molar-refractivity contribution in [3.63, 3.8) is 0 Å². The average molecular weight is 321 g/mol. The van der Waals surface area contributed by atoms with Crippen LogP contribution < -0.4 is 5.14 Å². The topological polar surface area (TPSA) is 90.9 Å². The zero-order chi connectivity index (χ0) is 14.2. The fraction of sp³-hybridized carbons (Fsp3) is 0.200. The smallest absolute Gasteiger partial charge is 0.273 e. The third kappa shape index (κ3) is 2.89. The molecule has 2 aromatic rings. The van der Waals surface area contributed by atoms with Gasteiger partial charge in [0.15, 0.2) is 5.82 Å². The number of nitrogens with zero attached hydrogens (tertiary/aromatic N) is 3. The van der Waals surface area contributed by atoms with E-state index in [-0.39, 0.29) is 5.16 Å². The second kappa shape index (κ2) is 5.09. The van der Waals surface area contributed by atoms with Gasteiger partial charge in [-0.05, 0) is 25.1 Å². The van der Waals surface area contributed by atoms with Gasteiger partial charge in [-0.15, -0.1) is 10.2 Å². The van der Waals surface area contributed by atoms with E-state index in [2.05, 4.69) is 10.2 Å². The molecular weight excluding hydrogens is 311 g/mol. The van der Waals surface area contributed by atoms with E-state index in [1.807, 2.05) is 0 Å². The Bertz CT molecular complexity index is 707. The SMILES string of the molecule is CCn1c(-c2cc(Cl)cc(Cl)c2)nnc1S(N)(=O)=O. The third-order valence-corrected chi connectivity index (χ3v) is 3.66. The first-order chi connectivity index (χ1) is 8.82. The van der Waals surface area contributed by atoms with Gasteiger partial charge in [0, 0.05) is 22.2 Å². The lowest BCUT2D eigenvalue weighted by atomic mass is 10.2. The minimum absolute atomic E-state index is 0.291. The van der Waals surface area contributed by atoms with Crippen molar-refractivity contribution >= 4 is 33.2 Å². The van der Waals surface area contributed by atoms with Crippen molar-refractivity contribution in [2.75, 3.05) is 0 Å². The predicted molar refractivity (Wildman–Crippen MR) is 72.5 cm³/mol. The first-order valence-corrected chi connectivity index (χ1v) is 7.55. The van der Waals surface area contributed by atoms with Gasteiger partial charge in [-0.1, -0.05) is 23.2 Å². The fourth-order valence-corrected chi connectivity index (χ4v) is 2.88. The van der Waals surface area contributed by atoms with Crippen LogP contribution >= 0.6 is 23.2 Å². The van der Waals surface area contributed by atoms with E-state index in [1.54, 1.807) is 25.1 Å². The van der Waals surface area contributed by atoms with E-state index < -0.39 is 10.0 Å². The zero-order valence-corrected chi connectivity index (χ0v) is 12.2. The summed E-state index contributed by atoms with van der Waals surface area (Å²) in [6.45, 7) is 2.10. The lowest BCUT2D eigenvalue weighted by molar-refractivity contribution is 0.571. The lowest BCUT2D eigenvalue weighted by Gasteiger charge is -2.06. The Morgan fingerprint density at radius 2 is 1.79 bits per heavy atom. The maximum Gasteiger partial charge on any atom is 0.273 e. The molecule has 0 amide bonds. The second-order valence-corrected chi connectivity index (χ2v) is 6.08. The molecule has 0 bridgehead atoms. The third-order valence-electron chi connectivity index (χ3n) is 2.41. The number of rotatable bonds is 3. The molecule has 102 valence electrons. The normalized spacial score (nSPS) is 11.8. The molecular formula is C10H10Cl2N4O2S. The van der Waals surface area contributed by atoms with E-state index in [4.69, 9.17) is 28.3 Å². The number of sulfonamides is 1. The van der Waals surface area contributed by atoms with Crippen LogP contribution in [0.4, 0.5) is 0 Å². The molecule has 0 aliphatic heterocycles. The number of aromatic nitrogens is 3. The van der Waals surface area contributed by atoms with Crippen LogP contribution in [0.25, 0.3) is 11.4 Å². The number of primary sulfonamides is 1. The van der Waals surface area contributed by atoms with Crippen LogP contribution in [-0.4, -0.2) is 23.2 Å². The summed E-state index contributed by atoms with van der Waals surface area (Å²) in [5.74, 6) is 0.343. The van der Waals surface area contributed by atoms with E-state index >= 15 is 0 Å². The molecule has 0 fully saturated rings. The monoisotopic (exact) mass is 320 g/mol. The van der Waals surface area contributed by atoms with Gasteiger partial charge in [0.1, 0.15) is 0 Å². The summed E-state index contributed by atoms with van der Waals surface area (Å²) in [6, 6.07) is 4.81. The van der Waals surface area contributed by atoms with Gasteiger partial charge in [-0.2, -0.15) is 0 Å². The molecule has 1 aromatic carbocycles. The van der Waals surface area contributed by atoms with Gasteiger partial charge >= 0.3 is 0 Å². The Morgan fingerprint density at radius 3 is 2.26 bits per heavy atom. The van der Waals surface area contributed by atoms with E-state index in [0.717, 1.165) is 0 Å². The van der Waals surface area contributed by atoms with Crippen LogP contribution in [-0.2, 0) is 16.6 Å². The van der Waals surface area contributed by atoms with Crippen molar-refractivity contribution < 1.29 is 8.42 Å². The summed E-state index contributed by atoms with van der Waals surface area (Å²) in [7, 11) is -3.93. The van der Waals surface area contributed by atoms with Crippen molar-refractivity contribution in [2.45, 2.75) is 18.6 Å². The van der Waals surface area contributed by atoms with Crippen LogP contribution in [0.5, 0.6) is 0 Å². The van der Waals surface area contributed by atoms with Gasteiger partial charge in [0.05, 0.1) is 0 Å². The highest BCUT2D eigenvalue weighted by atomic mass is 35.5. The van der Waals surface area contributed by atoms with E-state index in [0.29, 0.717) is 28.0 Å². The highest BCUT2D eigenvalue weighted by molar-refractivity contribution is 7.89. The van der Waals surface area contributed by atoms with Gasteiger partial charge in [-0.25, -0.2) is 13.6 Å². The number of hydrogen-bond donors (Lipinski definition) is 1. The number of nitrogens with two attached hydrogens (primary N) is 1. The summed E-state index contributed by atoms with van der Waals surface area (Å²) >= 11 is 11.8. The molecule has 1 aromatic heterocycles. The summed E-state index contributed by atoms with van der Waals surface area (Å²) in [5.41, 5.74) is 0.571. The van der Waals surface area contributed by atoms with E-state index in [9.17, 15) is 8.42 Å². The van der Waals surface area contributed by atoms with Gasteiger partial charge < -0.3 is 0 Å². The fourth-order valence-electron chi connectivity index (χ4n) is 1.68. The Kier molecular flexibility index (Phi) is 3.82. The molecule has 0 saturated carbocycles. The molecule has 0 saturated heterocycles. The first kappa shape index (κ1) is 14.3. The standard InChI is InChI=1S/C10H10Cl2N4O2S/c1-2-16-9(14-15-10(16)19(13,17)18)6-3-7(11)5-8(12)4-6/h3-5H,2H2,1H3,(H2,13,17,18). The number of benzene rings is 1. The summed E-state index contributed by atoms with van der Waals surface area (Å²) < 4.78 is 24.2. The molecule has 9 heteroatoms. The molecule has 1 heterocycles. The molecule has 0 spiro atoms. The van der Waals surface area contributed by atoms with Crippen LogP contribution in [0, 0.1) is 0 Å². The molecule has 0 unspecified atom stereocenters. The maximum absolute atomic E-state index is 11.4. The second-order valence-electron chi connectivity index (χ2n) is 3.75. The predicted octanol–water partition coefficient (Wildman–Crippen LogP) is 1.92. The Balaban J connectivity index is 2.67. The highest BCUT2D eigenvalue weighted by Gasteiger charge is 2.21. The minimum atomic E-state index is -3.93. The van der Waals surface area contributed by atoms with Gasteiger partial charge in [-0.3, -0.25) is 4.57 Å². The number of halogens is 2. The molecule has 19 heavy (non-hydrogen) atoms. The van der Waals surface area contributed by atoms with Crippen molar-refractivity contribution in [1.29, 1.82) is 0 Å². The first-order valence-electron chi connectivity index (χ1n) is 5.25. The Hall–Kier alpha value is -1.15. The summed E-state index contributed by atoms with van der Waals surface area (Å²) in [5, 5.41) is 13.1. The van der Waals surface area contributed by atoms with Crippen molar-refractivity contribution in [2.24, 2.45) is 5.14 Å². The molecule has 0 radical (unpaired) electrons. The van der Waals surface area contributed by atoms with Gasteiger partial charge in [0.25, 0.3) is 15.2 Å². The summed E-state index contributed by atoms with van der Waals surface area (Å²) in [4.78, 5) is 0. The molecule has 0 atom stereocenters. The van der Waals surface area contributed by atoms with Crippen molar-refractivity contribution in [3.05, 3.63) is 28.2 Å². The van der Waals surface area contributed by atoms with Crippen LogP contribution in [0.3, 0.4) is 0 Å². The summed E-state index contributed by atoms with van der Waals surface area (Å²) in [6.07, 6.45) is 0. The van der Waals surface area contributed by atoms with Crippen LogP contribution in [0.2, 0.25) is 10.0 Å². The zero-order valence-electron chi connectivity index (χ0n) is 9.84. The minimum Gasteiger partial charge on any atom is -0.297 e. The molecule has 0 aliphatic rings. The molecule has 6 nitrogen and oxygen atoms in total. The molecule has 2 rings (SSSR count). The Labute approximate surface area is 120 Å². The largest absolute Gasteiger partial charge is 0.297 e. The van der Waals surface area contributed by atoms with Crippen molar-refractivity contribution in [1.82, 2.24) is 14.8 Å². The maximum atomic E-state index is 11.4. The molecule has 0 aliphatic carbocycles. The van der Waals surface area contributed by atoms with Gasteiger partial charge in [0.2, 0.25) is 0 Å². The van der Waals surface area contributed by atoms with Crippen molar-refractivity contribution in [3.8, 4) is 11.4 Å². The quantitative estimate of drug-likeness (QED) is 0.935. The van der Waals surface area contributed by atoms with Crippen LogP contribution in [0.1, 0.15) is 6.92 Å². The lowest BCUT2D eigenvalue weighted by Crippen LogP contribution is -2.18. The molecule has 2 N–H and O–H groups in total. The highest BCUT2D eigenvalue weighted by Crippen LogP contribution is 2.27. The van der Waals surface area contributed by atoms with Crippen LogP contribution in [0.15, 0.2) is 23.4 Å². The average Bonchev–Trinajstić information content (AvgIpc) is 2.70.